The molecule has 1 atom stereocenters. The average Bonchev–Trinajstić information content (AvgIpc) is 2.59. The summed E-state index contributed by atoms with van der Waals surface area (Å²) in [6.07, 6.45) is 2.91. The van der Waals surface area contributed by atoms with Crippen LogP contribution in [0.1, 0.15) is 15.9 Å². The highest BCUT2D eigenvalue weighted by molar-refractivity contribution is 5.97. The zero-order valence-electron chi connectivity index (χ0n) is 12.2. The molecule has 7 heteroatoms. The highest BCUT2D eigenvalue weighted by Gasteiger charge is 2.20. The van der Waals surface area contributed by atoms with Gasteiger partial charge in [-0.2, -0.15) is 0 Å². The standard InChI is InChI=1S/C16H16FN3O3/c17-13-3-1-11(2-4-13)9-19-16(23)14(10-21)20-15(22)12-5-7-18-8-6-12/h1-8,14,21H,9-10H2,(H,19,23)(H,20,22)/t14-/m0/s1. The molecule has 0 aliphatic rings. The number of carbonyl (C=O) groups is 2. The lowest BCUT2D eigenvalue weighted by Gasteiger charge is -2.16. The average molecular weight is 317 g/mol. The van der Waals surface area contributed by atoms with E-state index in [-0.39, 0.29) is 12.4 Å². The SMILES string of the molecule is O=C(N[C@@H](CO)C(=O)NCc1ccc(F)cc1)c1ccncc1. The highest BCUT2D eigenvalue weighted by atomic mass is 19.1. The van der Waals surface area contributed by atoms with Gasteiger partial charge < -0.3 is 15.7 Å². The first-order chi connectivity index (χ1) is 11.1. The topological polar surface area (TPSA) is 91.3 Å². The van der Waals surface area contributed by atoms with Crippen molar-refractivity contribution in [2.24, 2.45) is 0 Å². The summed E-state index contributed by atoms with van der Waals surface area (Å²) in [7, 11) is 0. The Morgan fingerprint density at radius 3 is 2.39 bits per heavy atom. The van der Waals surface area contributed by atoms with Gasteiger partial charge in [0.15, 0.2) is 0 Å². The molecule has 6 nitrogen and oxygen atoms in total. The van der Waals surface area contributed by atoms with Gasteiger partial charge in [-0.15, -0.1) is 0 Å². The van der Waals surface area contributed by atoms with E-state index in [9.17, 15) is 19.1 Å². The third kappa shape index (κ3) is 4.86. The summed E-state index contributed by atoms with van der Waals surface area (Å²) >= 11 is 0. The molecule has 0 saturated heterocycles. The van der Waals surface area contributed by atoms with Crippen molar-refractivity contribution in [2.45, 2.75) is 12.6 Å². The number of hydrogen-bond acceptors (Lipinski definition) is 4. The van der Waals surface area contributed by atoms with Crippen LogP contribution in [0.3, 0.4) is 0 Å². The van der Waals surface area contributed by atoms with Gasteiger partial charge in [-0.05, 0) is 29.8 Å². The van der Waals surface area contributed by atoms with Crippen molar-refractivity contribution in [3.63, 3.8) is 0 Å². The number of pyridine rings is 1. The maximum absolute atomic E-state index is 12.8. The number of carbonyl (C=O) groups excluding carboxylic acids is 2. The number of benzene rings is 1. The minimum absolute atomic E-state index is 0.167. The van der Waals surface area contributed by atoms with Crippen LogP contribution in [0.5, 0.6) is 0 Å². The number of aromatic nitrogens is 1. The number of nitrogens with one attached hydrogen (secondary N) is 2. The Balaban J connectivity index is 1.90. The van der Waals surface area contributed by atoms with Gasteiger partial charge in [0, 0.05) is 24.5 Å². The van der Waals surface area contributed by atoms with Crippen molar-refractivity contribution < 1.29 is 19.1 Å². The van der Waals surface area contributed by atoms with Crippen LogP contribution < -0.4 is 10.6 Å². The van der Waals surface area contributed by atoms with Crippen LogP contribution >= 0.6 is 0 Å². The molecule has 3 N–H and O–H groups in total. The molecule has 0 saturated carbocycles. The lowest BCUT2D eigenvalue weighted by atomic mass is 10.2. The molecule has 120 valence electrons. The van der Waals surface area contributed by atoms with E-state index in [0.29, 0.717) is 11.1 Å². The number of amides is 2. The summed E-state index contributed by atoms with van der Waals surface area (Å²) in [6, 6.07) is 7.58. The molecule has 2 aromatic rings. The molecule has 0 spiro atoms. The van der Waals surface area contributed by atoms with Crippen molar-refractivity contribution in [3.8, 4) is 0 Å². The largest absolute Gasteiger partial charge is 0.394 e. The summed E-state index contributed by atoms with van der Waals surface area (Å²) < 4.78 is 12.8. The highest BCUT2D eigenvalue weighted by Crippen LogP contribution is 2.02. The Hall–Kier alpha value is -2.80. The molecule has 0 fully saturated rings. The third-order valence-corrected chi connectivity index (χ3v) is 3.13. The molecule has 1 aromatic heterocycles. The monoisotopic (exact) mass is 317 g/mol. The summed E-state index contributed by atoms with van der Waals surface area (Å²) in [6.45, 7) is -0.368. The first kappa shape index (κ1) is 16.6. The normalized spacial score (nSPS) is 11.6. The third-order valence-electron chi connectivity index (χ3n) is 3.13. The zero-order chi connectivity index (χ0) is 16.7. The lowest BCUT2D eigenvalue weighted by molar-refractivity contribution is -0.124. The van der Waals surface area contributed by atoms with Gasteiger partial charge in [-0.3, -0.25) is 14.6 Å². The summed E-state index contributed by atoms with van der Waals surface area (Å²) in [5, 5.41) is 14.3. The molecule has 0 aliphatic heterocycles. The molecule has 2 amide bonds. The van der Waals surface area contributed by atoms with Crippen LogP contribution in [0.4, 0.5) is 4.39 Å². The molecule has 2 rings (SSSR count). The molecule has 0 radical (unpaired) electrons. The molecule has 1 heterocycles. The van der Waals surface area contributed by atoms with Crippen molar-refractivity contribution in [1.82, 2.24) is 15.6 Å². The van der Waals surface area contributed by atoms with Crippen molar-refractivity contribution in [1.29, 1.82) is 0 Å². The molecule has 0 unspecified atom stereocenters. The minimum atomic E-state index is -1.07. The first-order valence-corrected chi connectivity index (χ1v) is 6.94. The van der Waals surface area contributed by atoms with Crippen LogP contribution in [-0.4, -0.2) is 34.6 Å². The van der Waals surface area contributed by atoms with Crippen LogP contribution in [0.15, 0.2) is 48.8 Å². The van der Waals surface area contributed by atoms with Crippen molar-refractivity contribution in [3.05, 3.63) is 65.7 Å². The second-order valence-electron chi connectivity index (χ2n) is 4.79. The fourth-order valence-corrected chi connectivity index (χ4v) is 1.85. The van der Waals surface area contributed by atoms with E-state index in [2.05, 4.69) is 15.6 Å². The van der Waals surface area contributed by atoms with Crippen LogP contribution in [0.2, 0.25) is 0 Å². The minimum Gasteiger partial charge on any atom is -0.394 e. The second-order valence-corrected chi connectivity index (χ2v) is 4.79. The molecule has 1 aromatic carbocycles. The Labute approximate surface area is 132 Å². The van der Waals surface area contributed by atoms with Crippen LogP contribution in [0, 0.1) is 5.82 Å². The fraction of sp³-hybridized carbons (Fsp3) is 0.188. The van der Waals surface area contributed by atoms with E-state index in [1.165, 1.54) is 36.7 Å². The first-order valence-electron chi connectivity index (χ1n) is 6.94. The molecule has 0 bridgehead atoms. The Morgan fingerprint density at radius 2 is 1.78 bits per heavy atom. The van der Waals surface area contributed by atoms with E-state index >= 15 is 0 Å². The summed E-state index contributed by atoms with van der Waals surface area (Å²) in [5.74, 6) is -1.37. The lowest BCUT2D eigenvalue weighted by Crippen LogP contribution is -2.48. The van der Waals surface area contributed by atoms with Crippen molar-refractivity contribution in [2.75, 3.05) is 6.61 Å². The number of halogens is 1. The van der Waals surface area contributed by atoms with E-state index < -0.39 is 24.5 Å². The van der Waals surface area contributed by atoms with Crippen LogP contribution in [0.25, 0.3) is 0 Å². The van der Waals surface area contributed by atoms with Gasteiger partial charge in [0.1, 0.15) is 11.9 Å². The van der Waals surface area contributed by atoms with Crippen LogP contribution in [-0.2, 0) is 11.3 Å². The van der Waals surface area contributed by atoms with Gasteiger partial charge >= 0.3 is 0 Å². The fourth-order valence-electron chi connectivity index (χ4n) is 1.85. The number of hydrogen-bond donors (Lipinski definition) is 3. The quantitative estimate of drug-likeness (QED) is 0.729. The second kappa shape index (κ2) is 8.00. The maximum Gasteiger partial charge on any atom is 0.252 e. The Bertz CT molecular complexity index is 662. The Morgan fingerprint density at radius 1 is 1.13 bits per heavy atom. The number of aliphatic hydroxyl groups excluding tert-OH is 1. The zero-order valence-corrected chi connectivity index (χ0v) is 12.2. The number of nitrogens with zero attached hydrogens (tertiary/aromatic N) is 1. The smallest absolute Gasteiger partial charge is 0.252 e. The van der Waals surface area contributed by atoms with Gasteiger partial charge in [0.25, 0.3) is 5.91 Å². The van der Waals surface area contributed by atoms with Gasteiger partial charge in [0.2, 0.25) is 5.91 Å². The predicted molar refractivity (Wildman–Crippen MR) is 80.8 cm³/mol. The molecule has 23 heavy (non-hydrogen) atoms. The number of aliphatic hydroxyl groups is 1. The van der Waals surface area contributed by atoms with Gasteiger partial charge in [-0.1, -0.05) is 12.1 Å². The van der Waals surface area contributed by atoms with E-state index in [4.69, 9.17) is 0 Å². The molecular formula is C16H16FN3O3. The van der Waals surface area contributed by atoms with E-state index in [1.54, 1.807) is 12.1 Å². The molecular weight excluding hydrogens is 301 g/mol. The van der Waals surface area contributed by atoms with E-state index in [0.717, 1.165) is 0 Å². The summed E-state index contributed by atoms with van der Waals surface area (Å²) in [4.78, 5) is 27.8. The summed E-state index contributed by atoms with van der Waals surface area (Å²) in [5.41, 5.74) is 1.04. The van der Waals surface area contributed by atoms with E-state index in [1.807, 2.05) is 0 Å². The maximum atomic E-state index is 12.8. The van der Waals surface area contributed by atoms with Crippen molar-refractivity contribution >= 4 is 11.8 Å². The van der Waals surface area contributed by atoms with Gasteiger partial charge in [0.05, 0.1) is 6.61 Å². The Kier molecular flexibility index (Phi) is 5.76. The van der Waals surface area contributed by atoms with Gasteiger partial charge in [-0.25, -0.2) is 4.39 Å². The number of rotatable bonds is 6. The molecule has 0 aliphatic carbocycles. The predicted octanol–water partition coefficient (Wildman–Crippen LogP) is 0.628.